The summed E-state index contributed by atoms with van der Waals surface area (Å²) in [6.07, 6.45) is 2.88. The number of Topliss-reactive ketones (excluding diaryl/α,β-unsaturated/α-hetero) is 1. The third kappa shape index (κ3) is 3.33. The van der Waals surface area contributed by atoms with Gasteiger partial charge < -0.3 is 14.3 Å². The first-order valence-corrected chi connectivity index (χ1v) is 8.54. The molecule has 3 aromatic rings. The molecule has 1 heterocycles. The van der Waals surface area contributed by atoms with Crippen molar-refractivity contribution in [3.63, 3.8) is 0 Å². The lowest BCUT2D eigenvalue weighted by molar-refractivity contribution is -0.144. The number of ether oxygens (including phenoxy) is 1. The fraction of sp³-hybridized carbons (Fsp3) is 0.238. The summed E-state index contributed by atoms with van der Waals surface area (Å²) in [7, 11) is 0. The number of carbonyl (C=O) groups excluding carboxylic acids is 2. The Bertz CT molecular complexity index is 960. The van der Waals surface area contributed by atoms with Crippen molar-refractivity contribution >= 4 is 22.7 Å². The van der Waals surface area contributed by atoms with Gasteiger partial charge in [-0.2, -0.15) is 0 Å². The third-order valence-corrected chi connectivity index (χ3v) is 4.77. The van der Waals surface area contributed by atoms with Crippen LogP contribution in [-0.2, 0) is 27.4 Å². The molecule has 0 saturated heterocycles. The van der Waals surface area contributed by atoms with Crippen LogP contribution in [0.5, 0.6) is 5.75 Å². The molecule has 2 aromatic carbocycles. The van der Waals surface area contributed by atoms with E-state index in [1.807, 2.05) is 24.3 Å². The summed E-state index contributed by atoms with van der Waals surface area (Å²) in [6, 6.07) is 12.7. The van der Waals surface area contributed by atoms with Gasteiger partial charge in [0.25, 0.3) is 0 Å². The quantitative estimate of drug-likeness (QED) is 0.707. The van der Waals surface area contributed by atoms with Crippen molar-refractivity contribution in [2.45, 2.75) is 31.8 Å². The number of carbonyl (C=O) groups is 2. The number of ketones is 1. The van der Waals surface area contributed by atoms with Crippen molar-refractivity contribution in [1.82, 2.24) is 0 Å². The Balaban J connectivity index is 1.34. The summed E-state index contributed by atoms with van der Waals surface area (Å²) >= 11 is 0. The Morgan fingerprint density at radius 2 is 1.92 bits per heavy atom. The smallest absolute Gasteiger partial charge is 0.310 e. The molecule has 0 radical (unpaired) electrons. The van der Waals surface area contributed by atoms with Crippen LogP contribution in [0.3, 0.4) is 0 Å². The summed E-state index contributed by atoms with van der Waals surface area (Å²) in [5, 5.41) is 10.2. The van der Waals surface area contributed by atoms with Gasteiger partial charge in [-0.1, -0.05) is 24.3 Å². The van der Waals surface area contributed by atoms with Gasteiger partial charge >= 0.3 is 5.97 Å². The molecular weight excluding hydrogens is 332 g/mol. The Morgan fingerprint density at radius 1 is 1.15 bits per heavy atom. The topological polar surface area (TPSA) is 76.7 Å². The molecule has 5 nitrogen and oxygen atoms in total. The van der Waals surface area contributed by atoms with Crippen LogP contribution in [0.25, 0.3) is 11.0 Å². The molecular formula is C21H18O5. The molecule has 0 bridgehead atoms. The molecule has 1 aliphatic rings. The monoisotopic (exact) mass is 350 g/mol. The molecule has 4 rings (SSSR count). The number of benzene rings is 2. The highest BCUT2D eigenvalue weighted by Crippen LogP contribution is 2.33. The van der Waals surface area contributed by atoms with Crippen LogP contribution in [-0.4, -0.2) is 16.9 Å². The van der Waals surface area contributed by atoms with Crippen LogP contribution in [0.1, 0.15) is 35.4 Å². The molecule has 26 heavy (non-hydrogen) atoms. The van der Waals surface area contributed by atoms with E-state index in [0.29, 0.717) is 30.1 Å². The Labute approximate surface area is 150 Å². The lowest BCUT2D eigenvalue weighted by Crippen LogP contribution is -2.20. The second-order valence-corrected chi connectivity index (χ2v) is 6.66. The summed E-state index contributed by atoms with van der Waals surface area (Å²) in [5.41, 5.74) is 3.34. The van der Waals surface area contributed by atoms with Gasteiger partial charge in [0.1, 0.15) is 23.7 Å². The summed E-state index contributed by atoms with van der Waals surface area (Å²) in [5.74, 6) is 0.438. The van der Waals surface area contributed by atoms with Crippen LogP contribution < -0.4 is 0 Å². The van der Waals surface area contributed by atoms with Crippen LogP contribution in [0.4, 0.5) is 0 Å². The van der Waals surface area contributed by atoms with E-state index in [1.54, 1.807) is 12.1 Å². The maximum Gasteiger partial charge on any atom is 0.310 e. The molecule has 0 atom stereocenters. The average molecular weight is 350 g/mol. The molecule has 132 valence electrons. The van der Waals surface area contributed by atoms with Gasteiger partial charge in [-0.3, -0.25) is 9.59 Å². The SMILES string of the molecule is O=C1CC(c2ccc(COC(=O)Cc3coc4cc(O)ccc34)cc2)C1. The number of fused-ring (bicyclic) bond motifs is 1. The zero-order valence-electron chi connectivity index (χ0n) is 14.1. The third-order valence-electron chi connectivity index (χ3n) is 4.77. The lowest BCUT2D eigenvalue weighted by atomic mass is 9.79. The Morgan fingerprint density at radius 3 is 2.65 bits per heavy atom. The highest BCUT2D eigenvalue weighted by Gasteiger charge is 2.27. The first-order valence-electron chi connectivity index (χ1n) is 8.54. The van der Waals surface area contributed by atoms with Gasteiger partial charge in [0.2, 0.25) is 0 Å². The largest absolute Gasteiger partial charge is 0.508 e. The van der Waals surface area contributed by atoms with E-state index in [9.17, 15) is 14.7 Å². The number of hydrogen-bond acceptors (Lipinski definition) is 5. The second-order valence-electron chi connectivity index (χ2n) is 6.66. The number of esters is 1. The van der Waals surface area contributed by atoms with Crippen molar-refractivity contribution < 1.29 is 23.8 Å². The standard InChI is InChI=1S/C21H18O5/c22-17-5-6-19-16(12-25-20(19)10-17)9-21(24)26-11-13-1-3-14(4-2-13)15-7-18(23)8-15/h1-6,10,12,15,22H,7-9,11H2. The van der Waals surface area contributed by atoms with E-state index in [-0.39, 0.29) is 24.7 Å². The zero-order valence-corrected chi connectivity index (χ0v) is 14.1. The predicted octanol–water partition coefficient (Wildman–Crippen LogP) is 3.87. The second kappa shape index (κ2) is 6.67. The highest BCUT2D eigenvalue weighted by atomic mass is 16.5. The van der Waals surface area contributed by atoms with Gasteiger partial charge in [-0.05, 0) is 29.2 Å². The molecule has 0 spiro atoms. The molecule has 1 N–H and O–H groups in total. The van der Waals surface area contributed by atoms with Crippen molar-refractivity contribution in [3.8, 4) is 5.75 Å². The number of phenols is 1. The maximum absolute atomic E-state index is 12.1. The minimum Gasteiger partial charge on any atom is -0.508 e. The fourth-order valence-electron chi connectivity index (χ4n) is 3.19. The average Bonchev–Trinajstić information content (AvgIpc) is 2.99. The van der Waals surface area contributed by atoms with Crippen molar-refractivity contribution in [2.75, 3.05) is 0 Å². The van der Waals surface area contributed by atoms with E-state index in [4.69, 9.17) is 9.15 Å². The van der Waals surface area contributed by atoms with Gasteiger partial charge in [0, 0.05) is 29.9 Å². The molecule has 0 unspecified atom stereocenters. The number of aromatic hydroxyl groups is 1. The van der Waals surface area contributed by atoms with Gasteiger partial charge in [-0.15, -0.1) is 0 Å². The molecule has 1 saturated carbocycles. The Hall–Kier alpha value is -3.08. The molecule has 0 aliphatic heterocycles. The first-order chi connectivity index (χ1) is 12.6. The first kappa shape index (κ1) is 16.4. The number of furan rings is 1. The van der Waals surface area contributed by atoms with E-state index in [2.05, 4.69) is 0 Å². The summed E-state index contributed by atoms with van der Waals surface area (Å²) in [4.78, 5) is 23.2. The number of phenolic OH excluding ortho intramolecular Hbond substituents is 1. The summed E-state index contributed by atoms with van der Waals surface area (Å²) < 4.78 is 10.7. The van der Waals surface area contributed by atoms with Crippen molar-refractivity contribution in [3.05, 3.63) is 65.4 Å². The van der Waals surface area contributed by atoms with Crippen molar-refractivity contribution in [2.24, 2.45) is 0 Å². The highest BCUT2D eigenvalue weighted by molar-refractivity contribution is 5.87. The van der Waals surface area contributed by atoms with Crippen LogP contribution in [0.2, 0.25) is 0 Å². The molecule has 1 aromatic heterocycles. The zero-order chi connectivity index (χ0) is 18.1. The van der Waals surface area contributed by atoms with E-state index >= 15 is 0 Å². The Kier molecular flexibility index (Phi) is 4.21. The molecule has 1 aliphatic carbocycles. The van der Waals surface area contributed by atoms with Crippen LogP contribution in [0, 0.1) is 0 Å². The summed E-state index contributed by atoms with van der Waals surface area (Å²) in [6.45, 7) is 0.208. The molecule has 5 heteroatoms. The van der Waals surface area contributed by atoms with Gasteiger partial charge in [0.05, 0.1) is 12.7 Å². The molecule has 1 fully saturated rings. The molecule has 0 amide bonds. The normalized spacial score (nSPS) is 14.4. The van der Waals surface area contributed by atoms with E-state index < -0.39 is 0 Å². The van der Waals surface area contributed by atoms with Crippen LogP contribution >= 0.6 is 0 Å². The maximum atomic E-state index is 12.1. The van der Waals surface area contributed by atoms with Gasteiger partial charge in [0.15, 0.2) is 0 Å². The van der Waals surface area contributed by atoms with E-state index in [0.717, 1.165) is 22.1 Å². The van der Waals surface area contributed by atoms with Gasteiger partial charge in [-0.25, -0.2) is 0 Å². The number of rotatable bonds is 5. The number of hydrogen-bond donors (Lipinski definition) is 1. The predicted molar refractivity (Wildman–Crippen MR) is 94.8 cm³/mol. The minimum atomic E-state index is -0.338. The van der Waals surface area contributed by atoms with Crippen LogP contribution in [0.15, 0.2) is 53.1 Å². The van der Waals surface area contributed by atoms with E-state index in [1.165, 1.54) is 12.3 Å². The lowest BCUT2D eigenvalue weighted by Gasteiger charge is -2.24. The minimum absolute atomic E-state index is 0.111. The van der Waals surface area contributed by atoms with Crippen molar-refractivity contribution in [1.29, 1.82) is 0 Å². The fourth-order valence-corrected chi connectivity index (χ4v) is 3.19.